The zero-order valence-corrected chi connectivity index (χ0v) is 14.7. The minimum Gasteiger partial charge on any atom is -0.605 e. The summed E-state index contributed by atoms with van der Waals surface area (Å²) in [6.07, 6.45) is -4.96. The fourth-order valence-electron chi connectivity index (χ4n) is 2.06. The lowest BCUT2D eigenvalue weighted by atomic mass is 10.2. The molecular formula is C13H4Cl2F7N3OS. The molecule has 0 aliphatic heterocycles. The Kier molecular flexibility index (Phi) is 5.91. The van der Waals surface area contributed by atoms with Crippen molar-refractivity contribution < 1.29 is 35.3 Å². The van der Waals surface area contributed by atoms with Crippen LogP contribution in [0.3, 0.4) is 0 Å². The number of benzene rings is 1. The standard InChI is InChI=1S/C13H4Cl2F7N3OS/c14-6-1-5(12(18,19)20)2-7(17)10(6)25-9(3-16)11(8(4-23)24-25)27(26)13(15,21)22/h1-2H,3H2. The van der Waals surface area contributed by atoms with Crippen LogP contribution in [0.25, 0.3) is 5.69 Å². The van der Waals surface area contributed by atoms with Crippen LogP contribution in [-0.2, 0) is 24.0 Å². The molecule has 0 spiro atoms. The SMILES string of the molecule is N#Cc1nn(-c2c(F)cc(C(F)(F)F)cc2Cl)c(CF)c1[S+]([O-])C(F)(F)Cl. The predicted molar refractivity (Wildman–Crippen MR) is 80.3 cm³/mol. The highest BCUT2D eigenvalue weighted by Gasteiger charge is 2.48. The first-order chi connectivity index (χ1) is 12.3. The molecule has 1 heterocycles. The molecule has 0 saturated carbocycles. The van der Waals surface area contributed by atoms with Gasteiger partial charge in [-0.2, -0.15) is 23.5 Å². The summed E-state index contributed by atoms with van der Waals surface area (Å²) in [7, 11) is 0. The summed E-state index contributed by atoms with van der Waals surface area (Å²) < 4.78 is 99.6. The van der Waals surface area contributed by atoms with Crippen molar-refractivity contribution in [1.29, 1.82) is 5.26 Å². The lowest BCUT2D eigenvalue weighted by molar-refractivity contribution is -0.137. The van der Waals surface area contributed by atoms with E-state index in [0.29, 0.717) is 6.07 Å². The molecule has 1 aromatic heterocycles. The highest BCUT2D eigenvalue weighted by atomic mass is 35.5. The molecule has 0 saturated heterocycles. The number of nitriles is 1. The summed E-state index contributed by atoms with van der Waals surface area (Å²) in [5.74, 6) is -1.63. The van der Waals surface area contributed by atoms with Crippen molar-refractivity contribution >= 4 is 34.4 Å². The minimum absolute atomic E-state index is 0.0176. The van der Waals surface area contributed by atoms with E-state index in [2.05, 4.69) is 16.7 Å². The van der Waals surface area contributed by atoms with Gasteiger partial charge < -0.3 is 4.55 Å². The first-order valence-electron chi connectivity index (χ1n) is 6.46. The number of alkyl halides is 7. The number of hydrogen-bond donors (Lipinski definition) is 0. The summed E-state index contributed by atoms with van der Waals surface area (Å²) in [6.45, 7) is -1.68. The Labute approximate surface area is 159 Å². The molecule has 14 heteroatoms. The van der Waals surface area contributed by atoms with Crippen LogP contribution in [0.4, 0.5) is 30.7 Å². The van der Waals surface area contributed by atoms with E-state index in [1.54, 1.807) is 0 Å². The van der Waals surface area contributed by atoms with Crippen LogP contribution >= 0.6 is 23.2 Å². The van der Waals surface area contributed by atoms with Gasteiger partial charge in [0.15, 0.2) is 5.82 Å². The van der Waals surface area contributed by atoms with E-state index in [1.807, 2.05) is 0 Å². The number of rotatable bonds is 4. The molecule has 27 heavy (non-hydrogen) atoms. The van der Waals surface area contributed by atoms with Gasteiger partial charge in [-0.3, -0.25) is 0 Å². The summed E-state index contributed by atoms with van der Waals surface area (Å²) in [6, 6.07) is 1.57. The average Bonchev–Trinajstić information content (AvgIpc) is 2.89. The smallest absolute Gasteiger partial charge is 0.497 e. The second kappa shape index (κ2) is 7.38. The van der Waals surface area contributed by atoms with Crippen LogP contribution in [0.5, 0.6) is 0 Å². The molecule has 4 nitrogen and oxygen atoms in total. The molecule has 0 aliphatic rings. The second-order valence-electron chi connectivity index (χ2n) is 4.78. The van der Waals surface area contributed by atoms with Gasteiger partial charge in [0, 0.05) is 11.6 Å². The monoisotopic (exact) mass is 453 g/mol. The van der Waals surface area contributed by atoms with Gasteiger partial charge in [0.05, 0.1) is 21.8 Å². The number of hydrogen-bond acceptors (Lipinski definition) is 3. The third-order valence-corrected chi connectivity index (χ3v) is 5.05. The van der Waals surface area contributed by atoms with Crippen LogP contribution in [0.1, 0.15) is 17.0 Å². The zero-order chi connectivity index (χ0) is 20.7. The van der Waals surface area contributed by atoms with E-state index >= 15 is 0 Å². The normalized spacial score (nSPS) is 13.5. The molecular weight excluding hydrogens is 450 g/mol. The molecule has 1 aromatic carbocycles. The predicted octanol–water partition coefficient (Wildman–Crippen LogP) is 4.92. The first kappa shape index (κ1) is 21.6. The van der Waals surface area contributed by atoms with Gasteiger partial charge in [-0.05, 0) is 12.1 Å². The van der Waals surface area contributed by atoms with Crippen molar-refractivity contribution in [3.05, 3.63) is 39.9 Å². The van der Waals surface area contributed by atoms with E-state index in [4.69, 9.17) is 16.9 Å². The van der Waals surface area contributed by atoms with Crippen LogP contribution in [-0.4, -0.2) is 19.0 Å². The van der Waals surface area contributed by atoms with Gasteiger partial charge in [0.1, 0.15) is 24.1 Å². The quantitative estimate of drug-likeness (QED) is 0.374. The second-order valence-corrected chi connectivity index (χ2v) is 7.35. The van der Waals surface area contributed by atoms with Crippen molar-refractivity contribution in [2.75, 3.05) is 0 Å². The molecule has 2 rings (SSSR count). The van der Waals surface area contributed by atoms with Gasteiger partial charge in [0.25, 0.3) is 0 Å². The first-order valence-corrected chi connectivity index (χ1v) is 8.36. The molecule has 0 bridgehead atoms. The highest BCUT2D eigenvalue weighted by Crippen LogP contribution is 2.39. The maximum atomic E-state index is 14.2. The van der Waals surface area contributed by atoms with Gasteiger partial charge in [0.2, 0.25) is 10.6 Å². The Bertz CT molecular complexity index is 897. The summed E-state index contributed by atoms with van der Waals surface area (Å²) >= 11 is 6.79. The van der Waals surface area contributed by atoms with Crippen LogP contribution in [0.15, 0.2) is 17.0 Å². The topological polar surface area (TPSA) is 64.7 Å². The molecule has 1 unspecified atom stereocenters. The van der Waals surface area contributed by atoms with E-state index < -0.39 is 67.1 Å². The number of halogens is 9. The average molecular weight is 454 g/mol. The maximum Gasteiger partial charge on any atom is 0.497 e. The fourth-order valence-corrected chi connectivity index (χ4v) is 3.42. The van der Waals surface area contributed by atoms with Crippen molar-refractivity contribution in [3.8, 4) is 11.8 Å². The van der Waals surface area contributed by atoms with E-state index in [0.717, 1.165) is 0 Å². The molecule has 0 amide bonds. The van der Waals surface area contributed by atoms with Crippen molar-refractivity contribution in [2.45, 2.75) is 22.5 Å². The molecule has 0 radical (unpaired) electrons. The Morgan fingerprint density at radius 1 is 1.26 bits per heavy atom. The molecule has 2 aromatic rings. The number of nitrogens with zero attached hydrogens (tertiary/aromatic N) is 3. The summed E-state index contributed by atoms with van der Waals surface area (Å²) in [5, 5.41) is 11.4. The summed E-state index contributed by atoms with van der Waals surface area (Å²) in [5.41, 5.74) is -4.39. The van der Waals surface area contributed by atoms with Crippen LogP contribution < -0.4 is 0 Å². The largest absolute Gasteiger partial charge is 0.605 e. The Morgan fingerprint density at radius 3 is 2.26 bits per heavy atom. The Morgan fingerprint density at radius 2 is 1.85 bits per heavy atom. The minimum atomic E-state index is -4.96. The summed E-state index contributed by atoms with van der Waals surface area (Å²) in [4.78, 5) is -1.13. The highest BCUT2D eigenvalue weighted by molar-refractivity contribution is 7.93. The van der Waals surface area contributed by atoms with Crippen molar-refractivity contribution in [3.63, 3.8) is 0 Å². The van der Waals surface area contributed by atoms with Crippen molar-refractivity contribution in [2.24, 2.45) is 0 Å². The molecule has 0 fully saturated rings. The molecule has 0 N–H and O–H groups in total. The van der Waals surface area contributed by atoms with Gasteiger partial charge in [-0.25, -0.2) is 13.5 Å². The van der Waals surface area contributed by atoms with Gasteiger partial charge in [-0.1, -0.05) is 11.6 Å². The number of aromatic nitrogens is 2. The van der Waals surface area contributed by atoms with Gasteiger partial charge >= 0.3 is 10.9 Å². The van der Waals surface area contributed by atoms with Gasteiger partial charge in [-0.15, -0.1) is 8.78 Å². The van der Waals surface area contributed by atoms with E-state index in [-0.39, 0.29) is 10.7 Å². The maximum absolute atomic E-state index is 14.2. The fraction of sp³-hybridized carbons (Fsp3) is 0.231. The molecule has 1 atom stereocenters. The zero-order valence-electron chi connectivity index (χ0n) is 12.4. The Balaban J connectivity index is 2.78. The lowest BCUT2D eigenvalue weighted by Gasteiger charge is -2.15. The molecule has 146 valence electrons. The third kappa shape index (κ3) is 4.11. The van der Waals surface area contributed by atoms with Crippen LogP contribution in [0.2, 0.25) is 5.02 Å². The van der Waals surface area contributed by atoms with Crippen LogP contribution in [0, 0.1) is 17.1 Å². The van der Waals surface area contributed by atoms with E-state index in [9.17, 15) is 35.3 Å². The molecule has 0 aliphatic carbocycles. The van der Waals surface area contributed by atoms with Crippen molar-refractivity contribution in [1.82, 2.24) is 9.78 Å². The van der Waals surface area contributed by atoms with E-state index in [1.165, 1.54) is 6.07 Å². The lowest BCUT2D eigenvalue weighted by Crippen LogP contribution is -2.23. The Hall–Kier alpha value is -1.68. The third-order valence-electron chi connectivity index (χ3n) is 3.12.